The van der Waals surface area contributed by atoms with Crippen molar-refractivity contribution >= 4 is 23.4 Å². The fourth-order valence-corrected chi connectivity index (χ4v) is 4.30. The molecule has 1 unspecified atom stereocenters. The number of hydrogen-bond acceptors (Lipinski definition) is 3. The molecule has 2 aromatic carbocycles. The van der Waals surface area contributed by atoms with E-state index in [0.29, 0.717) is 23.8 Å². The van der Waals surface area contributed by atoms with E-state index in [1.807, 2.05) is 65.3 Å². The largest absolute Gasteiger partial charge is 0.350 e. The average Bonchev–Trinajstić information content (AvgIpc) is 3.28. The van der Waals surface area contributed by atoms with Crippen LogP contribution in [0.3, 0.4) is 0 Å². The molecule has 0 bridgehead atoms. The van der Waals surface area contributed by atoms with E-state index < -0.39 is 0 Å². The van der Waals surface area contributed by atoms with Crippen molar-refractivity contribution in [3.05, 3.63) is 76.9 Å². The minimum atomic E-state index is -0.163. The zero-order chi connectivity index (χ0) is 23.2. The standard InChI is InChI=1S/C26H29ClN4O2/c1-2-3-5-10-22-17-30(18-25(32)28-16-19-8-6-4-7-9-19)26(33)24-15-23(29-31(22)24)20-11-13-21(27)14-12-20/h4,6-9,11-15,22H,2-3,5,10,16-18H2,1H3,(H,28,32). The summed E-state index contributed by atoms with van der Waals surface area (Å²) >= 11 is 6.03. The van der Waals surface area contributed by atoms with Gasteiger partial charge in [-0.05, 0) is 30.2 Å². The van der Waals surface area contributed by atoms with Gasteiger partial charge in [0.1, 0.15) is 5.69 Å². The lowest BCUT2D eigenvalue weighted by atomic mass is 10.0. The summed E-state index contributed by atoms with van der Waals surface area (Å²) in [6.45, 7) is 3.14. The van der Waals surface area contributed by atoms with Gasteiger partial charge in [0.15, 0.2) is 0 Å². The minimum Gasteiger partial charge on any atom is -0.350 e. The molecular weight excluding hydrogens is 436 g/mol. The molecule has 1 aromatic heterocycles. The second-order valence-corrected chi connectivity index (χ2v) is 8.90. The summed E-state index contributed by atoms with van der Waals surface area (Å²) in [6.07, 6.45) is 4.22. The van der Waals surface area contributed by atoms with E-state index >= 15 is 0 Å². The van der Waals surface area contributed by atoms with Crippen LogP contribution < -0.4 is 5.32 Å². The van der Waals surface area contributed by atoms with E-state index in [4.69, 9.17) is 16.7 Å². The van der Waals surface area contributed by atoms with Crippen molar-refractivity contribution in [2.24, 2.45) is 0 Å². The zero-order valence-corrected chi connectivity index (χ0v) is 19.6. The Morgan fingerprint density at radius 3 is 2.61 bits per heavy atom. The maximum Gasteiger partial charge on any atom is 0.272 e. The Balaban J connectivity index is 1.51. The van der Waals surface area contributed by atoms with E-state index in [1.165, 1.54) is 0 Å². The third-order valence-corrected chi connectivity index (χ3v) is 6.22. The number of carbonyl (C=O) groups is 2. The Morgan fingerprint density at radius 1 is 1.12 bits per heavy atom. The molecule has 0 saturated heterocycles. The van der Waals surface area contributed by atoms with Gasteiger partial charge in [-0.2, -0.15) is 5.10 Å². The van der Waals surface area contributed by atoms with Crippen LogP contribution in [0.15, 0.2) is 60.7 Å². The summed E-state index contributed by atoms with van der Waals surface area (Å²) < 4.78 is 1.86. The van der Waals surface area contributed by atoms with Crippen LogP contribution >= 0.6 is 11.6 Å². The zero-order valence-electron chi connectivity index (χ0n) is 18.8. The quantitative estimate of drug-likeness (QED) is 0.448. The number of rotatable bonds is 9. The van der Waals surface area contributed by atoms with Crippen molar-refractivity contribution in [1.82, 2.24) is 20.0 Å². The molecule has 3 aromatic rings. The smallest absolute Gasteiger partial charge is 0.272 e. The van der Waals surface area contributed by atoms with Crippen molar-refractivity contribution < 1.29 is 9.59 Å². The molecule has 1 atom stereocenters. The SMILES string of the molecule is CCCCCC1CN(CC(=O)NCc2ccccc2)C(=O)c2cc(-c3ccc(Cl)cc3)nn21. The lowest BCUT2D eigenvalue weighted by Gasteiger charge is -2.33. The van der Waals surface area contributed by atoms with E-state index in [-0.39, 0.29) is 24.4 Å². The van der Waals surface area contributed by atoms with Gasteiger partial charge in [-0.15, -0.1) is 0 Å². The Morgan fingerprint density at radius 2 is 1.88 bits per heavy atom. The topological polar surface area (TPSA) is 67.2 Å². The summed E-state index contributed by atoms with van der Waals surface area (Å²) in [5, 5.41) is 8.36. The van der Waals surface area contributed by atoms with Crippen LogP contribution in [0.1, 0.15) is 54.7 Å². The van der Waals surface area contributed by atoms with Crippen LogP contribution in [0.25, 0.3) is 11.3 Å². The fraction of sp³-hybridized carbons (Fsp3) is 0.346. The van der Waals surface area contributed by atoms with Crippen molar-refractivity contribution in [1.29, 1.82) is 0 Å². The average molecular weight is 465 g/mol. The van der Waals surface area contributed by atoms with Crippen LogP contribution in [0.2, 0.25) is 5.02 Å². The van der Waals surface area contributed by atoms with E-state index in [1.54, 1.807) is 4.90 Å². The van der Waals surface area contributed by atoms with Crippen LogP contribution in [0, 0.1) is 0 Å². The van der Waals surface area contributed by atoms with Crippen LogP contribution in [0.4, 0.5) is 0 Å². The number of carbonyl (C=O) groups excluding carboxylic acids is 2. The van der Waals surface area contributed by atoms with Crippen molar-refractivity contribution in [2.45, 2.75) is 45.2 Å². The van der Waals surface area contributed by atoms with Gasteiger partial charge in [-0.25, -0.2) is 0 Å². The highest BCUT2D eigenvalue weighted by Crippen LogP contribution is 2.29. The number of unbranched alkanes of at least 4 members (excludes halogenated alkanes) is 2. The first-order valence-corrected chi connectivity index (χ1v) is 11.9. The third-order valence-electron chi connectivity index (χ3n) is 5.97. The number of nitrogens with zero attached hydrogens (tertiary/aromatic N) is 3. The monoisotopic (exact) mass is 464 g/mol. The minimum absolute atomic E-state index is 0.0391. The van der Waals surface area contributed by atoms with Crippen molar-refractivity contribution in [3.63, 3.8) is 0 Å². The highest BCUT2D eigenvalue weighted by molar-refractivity contribution is 6.30. The molecular formula is C26H29ClN4O2. The molecule has 0 fully saturated rings. The second kappa shape index (κ2) is 10.7. The first-order valence-electron chi connectivity index (χ1n) is 11.5. The molecule has 0 aliphatic carbocycles. The Kier molecular flexibility index (Phi) is 7.45. The van der Waals surface area contributed by atoms with Gasteiger partial charge in [0.05, 0.1) is 18.3 Å². The van der Waals surface area contributed by atoms with Gasteiger partial charge < -0.3 is 10.2 Å². The maximum atomic E-state index is 13.3. The molecule has 4 rings (SSSR count). The molecule has 6 nitrogen and oxygen atoms in total. The van der Waals surface area contributed by atoms with Crippen molar-refractivity contribution in [2.75, 3.05) is 13.1 Å². The Hall–Kier alpha value is -3.12. The third kappa shape index (κ3) is 5.63. The summed E-state index contributed by atoms with van der Waals surface area (Å²) in [5.41, 5.74) is 3.21. The summed E-state index contributed by atoms with van der Waals surface area (Å²) in [7, 11) is 0. The second-order valence-electron chi connectivity index (χ2n) is 8.46. The van der Waals surface area contributed by atoms with Gasteiger partial charge in [0, 0.05) is 23.7 Å². The summed E-state index contributed by atoms with van der Waals surface area (Å²) in [4.78, 5) is 27.5. The fourth-order valence-electron chi connectivity index (χ4n) is 4.18. The number of nitrogens with one attached hydrogen (secondary N) is 1. The number of hydrogen-bond donors (Lipinski definition) is 1. The lowest BCUT2D eigenvalue weighted by molar-refractivity contribution is -0.122. The van der Waals surface area contributed by atoms with Gasteiger partial charge in [0.2, 0.25) is 5.91 Å². The molecule has 2 heterocycles. The predicted octanol–water partition coefficient (Wildman–Crippen LogP) is 5.10. The van der Waals surface area contributed by atoms with Gasteiger partial charge in [-0.1, -0.05) is 80.3 Å². The number of aromatic nitrogens is 2. The molecule has 1 aliphatic heterocycles. The van der Waals surface area contributed by atoms with Crippen molar-refractivity contribution in [3.8, 4) is 11.3 Å². The first-order chi connectivity index (χ1) is 16.0. The van der Waals surface area contributed by atoms with Gasteiger partial charge >= 0.3 is 0 Å². The molecule has 0 radical (unpaired) electrons. The molecule has 7 heteroatoms. The number of fused-ring (bicyclic) bond motifs is 1. The van der Waals surface area contributed by atoms with Crippen LogP contribution in [-0.2, 0) is 11.3 Å². The van der Waals surface area contributed by atoms with Gasteiger partial charge in [0.25, 0.3) is 5.91 Å². The summed E-state index contributed by atoms with van der Waals surface area (Å²) in [5.74, 6) is -0.324. The predicted molar refractivity (Wildman–Crippen MR) is 130 cm³/mol. The van der Waals surface area contributed by atoms with E-state index in [0.717, 1.165) is 42.5 Å². The summed E-state index contributed by atoms with van der Waals surface area (Å²) in [6, 6.07) is 19.1. The molecule has 172 valence electrons. The van der Waals surface area contributed by atoms with Crippen LogP contribution in [-0.4, -0.2) is 39.6 Å². The number of amides is 2. The molecule has 0 saturated carbocycles. The number of halogens is 1. The highest BCUT2D eigenvalue weighted by Gasteiger charge is 2.33. The molecule has 2 amide bonds. The maximum absolute atomic E-state index is 13.3. The van der Waals surface area contributed by atoms with Gasteiger partial charge in [-0.3, -0.25) is 14.3 Å². The Bertz CT molecular complexity index is 1100. The van der Waals surface area contributed by atoms with Crippen LogP contribution in [0.5, 0.6) is 0 Å². The number of benzene rings is 2. The molecule has 33 heavy (non-hydrogen) atoms. The molecule has 1 N–H and O–H groups in total. The highest BCUT2D eigenvalue weighted by atomic mass is 35.5. The molecule has 1 aliphatic rings. The van der Waals surface area contributed by atoms with E-state index in [2.05, 4.69) is 12.2 Å². The van der Waals surface area contributed by atoms with E-state index in [9.17, 15) is 9.59 Å². The normalized spacial score (nSPS) is 15.4. The molecule has 0 spiro atoms. The Labute approximate surface area is 199 Å². The lowest BCUT2D eigenvalue weighted by Crippen LogP contribution is -2.47. The first kappa shape index (κ1) is 23.1.